The summed E-state index contributed by atoms with van der Waals surface area (Å²) in [6.45, 7) is 0. The van der Waals surface area contributed by atoms with Gasteiger partial charge in [0.1, 0.15) is 5.69 Å². The van der Waals surface area contributed by atoms with E-state index >= 15 is 0 Å². The fourth-order valence-corrected chi connectivity index (χ4v) is 4.17. The Bertz CT molecular complexity index is 673. The van der Waals surface area contributed by atoms with E-state index in [-0.39, 0.29) is 11.8 Å². The lowest BCUT2D eigenvalue weighted by Gasteiger charge is -2.26. The maximum atomic E-state index is 12.2. The fraction of sp³-hybridized carbons (Fsp3) is 0.556. The number of nitroso groups, excluding NO2 is 1. The zero-order chi connectivity index (χ0) is 15.8. The lowest BCUT2D eigenvalue weighted by molar-refractivity contribution is -0.123. The van der Waals surface area contributed by atoms with E-state index in [0.29, 0.717) is 23.2 Å². The molecule has 5 heteroatoms. The number of amides is 1. The lowest BCUT2D eigenvalue weighted by atomic mass is 9.78. The highest BCUT2D eigenvalue weighted by molar-refractivity contribution is 6.18. The minimum absolute atomic E-state index is 0.0354. The third-order valence-electron chi connectivity index (χ3n) is 5.71. The van der Waals surface area contributed by atoms with Crippen molar-refractivity contribution in [3.8, 4) is 0 Å². The van der Waals surface area contributed by atoms with Crippen molar-refractivity contribution in [3.63, 3.8) is 0 Å². The van der Waals surface area contributed by atoms with Crippen LogP contribution in [0.15, 0.2) is 28.5 Å². The first-order valence-electron chi connectivity index (χ1n) is 8.63. The Hall–Kier alpha value is -2.04. The van der Waals surface area contributed by atoms with Gasteiger partial charge in [0.05, 0.1) is 11.6 Å². The van der Waals surface area contributed by atoms with Crippen LogP contribution in [0.1, 0.15) is 62.0 Å². The van der Waals surface area contributed by atoms with Crippen LogP contribution in [0.25, 0.3) is 0 Å². The second-order valence-electron chi connectivity index (χ2n) is 6.99. The average Bonchev–Trinajstić information content (AvgIpc) is 3.14. The average molecular weight is 311 g/mol. The summed E-state index contributed by atoms with van der Waals surface area (Å²) in [6, 6.07) is 5.90. The normalized spacial score (nSPS) is 25.1. The molecule has 4 rings (SSSR count). The molecule has 1 aromatic rings. The summed E-state index contributed by atoms with van der Waals surface area (Å²) in [6.07, 6.45) is 8.07. The van der Waals surface area contributed by atoms with Crippen molar-refractivity contribution in [2.24, 2.45) is 22.1 Å². The van der Waals surface area contributed by atoms with E-state index in [2.05, 4.69) is 21.8 Å². The third kappa shape index (κ3) is 2.48. The molecule has 1 atom stereocenters. The molecule has 1 unspecified atom stereocenters. The van der Waals surface area contributed by atoms with Crippen LogP contribution >= 0.6 is 0 Å². The van der Waals surface area contributed by atoms with Crippen molar-refractivity contribution in [3.05, 3.63) is 34.2 Å². The molecule has 0 bridgehead atoms. The number of hydrogen-bond donors (Lipinski definition) is 1. The maximum absolute atomic E-state index is 12.2. The van der Waals surface area contributed by atoms with Gasteiger partial charge in [-0.15, -0.1) is 4.91 Å². The van der Waals surface area contributed by atoms with Crippen LogP contribution in [-0.4, -0.2) is 11.6 Å². The molecule has 1 heterocycles. The molecule has 5 nitrogen and oxygen atoms in total. The van der Waals surface area contributed by atoms with Gasteiger partial charge in [-0.2, -0.15) is 5.10 Å². The number of carbonyl (C=O) groups excluding carboxylic acids is 1. The standard InChI is InChI=1S/C18H21N3O2/c22-18-16(12-4-1-2-5-12)17(19-20-18)14-9-8-13(10-15(14)21-23)11-6-3-7-11/h8-12,16H,1-7H2,(H,20,22). The molecular weight excluding hydrogens is 290 g/mol. The smallest absolute Gasteiger partial charge is 0.249 e. The minimum Gasteiger partial charge on any atom is -0.272 e. The highest BCUT2D eigenvalue weighted by Crippen LogP contribution is 2.40. The molecule has 1 aromatic carbocycles. The maximum Gasteiger partial charge on any atom is 0.249 e. The monoisotopic (exact) mass is 311 g/mol. The van der Waals surface area contributed by atoms with Gasteiger partial charge in [0.2, 0.25) is 5.91 Å². The predicted octanol–water partition coefficient (Wildman–Crippen LogP) is 3.99. The van der Waals surface area contributed by atoms with Gasteiger partial charge in [0, 0.05) is 5.56 Å². The number of carbonyl (C=O) groups is 1. The van der Waals surface area contributed by atoms with Crippen molar-refractivity contribution in [1.82, 2.24) is 5.43 Å². The Balaban J connectivity index is 1.68. The summed E-state index contributed by atoms with van der Waals surface area (Å²) in [5.41, 5.74) is 5.65. The number of hydrazone groups is 1. The zero-order valence-electron chi connectivity index (χ0n) is 13.1. The Morgan fingerprint density at radius 1 is 1.09 bits per heavy atom. The minimum atomic E-state index is -0.229. The van der Waals surface area contributed by atoms with Crippen LogP contribution < -0.4 is 5.43 Å². The number of nitrogens with zero attached hydrogens (tertiary/aromatic N) is 2. The predicted molar refractivity (Wildman–Crippen MR) is 88.6 cm³/mol. The molecule has 0 aromatic heterocycles. The molecule has 1 amide bonds. The van der Waals surface area contributed by atoms with Crippen molar-refractivity contribution >= 4 is 17.3 Å². The number of benzene rings is 1. The topological polar surface area (TPSA) is 70.9 Å². The first-order chi connectivity index (χ1) is 11.3. The molecule has 23 heavy (non-hydrogen) atoms. The fourth-order valence-electron chi connectivity index (χ4n) is 4.17. The molecule has 3 aliphatic rings. The second kappa shape index (κ2) is 5.87. The molecule has 0 saturated heterocycles. The molecule has 120 valence electrons. The van der Waals surface area contributed by atoms with Gasteiger partial charge in [-0.25, -0.2) is 5.43 Å². The lowest BCUT2D eigenvalue weighted by Crippen LogP contribution is -2.29. The van der Waals surface area contributed by atoms with Gasteiger partial charge in [-0.05, 0) is 54.3 Å². The van der Waals surface area contributed by atoms with Crippen LogP contribution in [0.2, 0.25) is 0 Å². The van der Waals surface area contributed by atoms with Crippen molar-refractivity contribution in [1.29, 1.82) is 0 Å². The second-order valence-corrected chi connectivity index (χ2v) is 6.99. The van der Waals surface area contributed by atoms with E-state index in [9.17, 15) is 9.70 Å². The molecule has 1 N–H and O–H groups in total. The summed E-state index contributed by atoms with van der Waals surface area (Å²) in [5, 5.41) is 7.48. The molecule has 2 aliphatic carbocycles. The van der Waals surface area contributed by atoms with Crippen LogP contribution in [-0.2, 0) is 4.79 Å². The van der Waals surface area contributed by atoms with E-state index in [4.69, 9.17) is 0 Å². The van der Waals surface area contributed by atoms with Gasteiger partial charge in [0.25, 0.3) is 0 Å². The molecule has 0 spiro atoms. The number of hydrogen-bond acceptors (Lipinski definition) is 4. The molecule has 2 saturated carbocycles. The van der Waals surface area contributed by atoms with Crippen molar-refractivity contribution in [2.75, 3.05) is 0 Å². The molecule has 2 fully saturated rings. The van der Waals surface area contributed by atoms with Crippen LogP contribution in [0.5, 0.6) is 0 Å². The highest BCUT2D eigenvalue weighted by Gasteiger charge is 2.39. The number of nitrogens with one attached hydrogen (secondary N) is 1. The van der Waals surface area contributed by atoms with Crippen molar-refractivity contribution in [2.45, 2.75) is 50.9 Å². The molecular formula is C18H21N3O2. The summed E-state index contributed by atoms with van der Waals surface area (Å²) in [5.74, 6) is 0.627. The Kier molecular flexibility index (Phi) is 3.71. The van der Waals surface area contributed by atoms with Gasteiger partial charge in [-0.1, -0.05) is 31.4 Å². The Morgan fingerprint density at radius 2 is 1.87 bits per heavy atom. The van der Waals surface area contributed by atoms with Crippen LogP contribution in [0, 0.1) is 16.7 Å². The van der Waals surface area contributed by atoms with Crippen molar-refractivity contribution < 1.29 is 4.79 Å². The van der Waals surface area contributed by atoms with Crippen LogP contribution in [0.3, 0.4) is 0 Å². The highest BCUT2D eigenvalue weighted by atomic mass is 16.3. The zero-order valence-corrected chi connectivity index (χ0v) is 13.1. The van der Waals surface area contributed by atoms with E-state index in [1.807, 2.05) is 12.1 Å². The van der Waals surface area contributed by atoms with E-state index in [0.717, 1.165) is 18.4 Å². The van der Waals surface area contributed by atoms with Gasteiger partial charge in [0.15, 0.2) is 0 Å². The Morgan fingerprint density at radius 3 is 2.52 bits per heavy atom. The first kappa shape index (κ1) is 14.5. The Labute approximate surface area is 135 Å². The van der Waals surface area contributed by atoms with Gasteiger partial charge < -0.3 is 0 Å². The van der Waals surface area contributed by atoms with Gasteiger partial charge in [-0.3, -0.25) is 4.79 Å². The largest absolute Gasteiger partial charge is 0.272 e. The summed E-state index contributed by atoms with van der Waals surface area (Å²) >= 11 is 0. The summed E-state index contributed by atoms with van der Waals surface area (Å²) in [7, 11) is 0. The van der Waals surface area contributed by atoms with E-state index in [1.54, 1.807) is 0 Å². The SMILES string of the molecule is O=Nc1cc(C2CCC2)ccc1C1=NNC(=O)C1C1CCCC1. The van der Waals surface area contributed by atoms with Crippen LogP contribution in [0.4, 0.5) is 5.69 Å². The van der Waals surface area contributed by atoms with Gasteiger partial charge >= 0.3 is 0 Å². The van der Waals surface area contributed by atoms with E-state index in [1.165, 1.54) is 37.7 Å². The van der Waals surface area contributed by atoms with E-state index < -0.39 is 0 Å². The third-order valence-corrected chi connectivity index (χ3v) is 5.71. The summed E-state index contributed by atoms with van der Waals surface area (Å²) in [4.78, 5) is 23.6. The quantitative estimate of drug-likeness (QED) is 0.854. The number of rotatable bonds is 4. The molecule has 1 aliphatic heterocycles. The first-order valence-corrected chi connectivity index (χ1v) is 8.63. The summed E-state index contributed by atoms with van der Waals surface area (Å²) < 4.78 is 0. The molecule has 0 radical (unpaired) electrons.